The van der Waals surface area contributed by atoms with Gasteiger partial charge in [0.15, 0.2) is 0 Å². The molecule has 0 unspecified atom stereocenters. The number of likely N-dealkylation sites (tertiary alicyclic amines) is 1. The number of unbranched alkanes of at least 4 members (excludes halogenated alkanes) is 1. The van der Waals surface area contributed by atoms with Crippen LogP contribution in [-0.4, -0.2) is 93.6 Å². The number of hydrogen-bond acceptors (Lipinski definition) is 8. The highest BCUT2D eigenvalue weighted by molar-refractivity contribution is 5.96. The Bertz CT molecular complexity index is 1050. The Morgan fingerprint density at radius 2 is 1.68 bits per heavy atom. The van der Waals surface area contributed by atoms with Crippen LogP contribution in [0.3, 0.4) is 0 Å². The minimum absolute atomic E-state index is 0.0830. The first kappa shape index (κ1) is 32.2. The predicted octanol–water partition coefficient (Wildman–Crippen LogP) is -2.44. The van der Waals surface area contributed by atoms with Gasteiger partial charge in [-0.1, -0.05) is 0 Å². The lowest BCUT2D eigenvalue weighted by Crippen LogP contribution is -2.58. The molecule has 0 radical (unpaired) electrons. The average Bonchev–Trinajstić information content (AvgIpc) is 3.59. The molecule has 0 saturated carbocycles. The van der Waals surface area contributed by atoms with Gasteiger partial charge in [-0.3, -0.25) is 28.8 Å². The zero-order chi connectivity index (χ0) is 29.8. The number of nitrogens with one attached hydrogen (secondary N) is 5. The van der Waals surface area contributed by atoms with Crippen LogP contribution >= 0.6 is 0 Å². The topological polar surface area (TPSA) is 234 Å². The Morgan fingerprint density at radius 3 is 2.25 bits per heavy atom. The van der Waals surface area contributed by atoms with Gasteiger partial charge in [0.25, 0.3) is 0 Å². The quantitative estimate of drug-likeness (QED) is 0.113. The van der Waals surface area contributed by atoms with Crippen molar-refractivity contribution in [3.05, 3.63) is 18.2 Å². The molecule has 6 amide bonds. The zero-order valence-electron chi connectivity index (χ0n) is 23.2. The molecule has 0 aliphatic carbocycles. The molecule has 1 aliphatic rings. The van der Waals surface area contributed by atoms with Gasteiger partial charge in [-0.2, -0.15) is 0 Å². The van der Waals surface area contributed by atoms with Crippen LogP contribution in [-0.2, 0) is 35.2 Å². The van der Waals surface area contributed by atoms with E-state index < -0.39 is 65.7 Å². The molecule has 1 aliphatic heterocycles. The summed E-state index contributed by atoms with van der Waals surface area (Å²) in [6.07, 6.45) is 5.55. The summed E-state index contributed by atoms with van der Waals surface area (Å²) in [6, 6.07) is -4.68. The first-order chi connectivity index (χ1) is 18.9. The highest BCUT2D eigenvalue weighted by Gasteiger charge is 2.39. The average molecular weight is 564 g/mol. The van der Waals surface area contributed by atoms with Gasteiger partial charge in [0.05, 0.1) is 6.33 Å². The lowest BCUT2D eigenvalue weighted by Gasteiger charge is -2.30. The molecule has 2 rings (SSSR count). The lowest BCUT2D eigenvalue weighted by atomic mass is 10.1. The number of imidazole rings is 1. The summed E-state index contributed by atoms with van der Waals surface area (Å²) in [7, 11) is 0. The van der Waals surface area contributed by atoms with Crippen molar-refractivity contribution in [1.29, 1.82) is 0 Å². The summed E-state index contributed by atoms with van der Waals surface area (Å²) in [4.78, 5) is 83.5. The third kappa shape index (κ3) is 9.63. The standard InChI is InChI=1S/C25H41N9O6/c1-14(30-16(3)35)22(37)33-19(11-17-12-28-13-29-17)25(40)34-10-6-8-20(34)24(39)31-15(2)23(38)32-18(21(27)36)7-4-5-9-26/h12-15,18-20H,4-11,26H2,1-3H3,(H2,27,36)(H,28,29)(H,30,35)(H,31,39)(H,32,38)(H,33,37)/t14-,15-,18-,19-,20-/m0/s1. The maximum atomic E-state index is 13.6. The summed E-state index contributed by atoms with van der Waals surface area (Å²) in [5, 5.41) is 10.3. The Hall–Kier alpha value is -4.01. The fourth-order valence-electron chi connectivity index (χ4n) is 4.44. The molecule has 222 valence electrons. The van der Waals surface area contributed by atoms with Gasteiger partial charge in [-0.15, -0.1) is 0 Å². The van der Waals surface area contributed by atoms with Crippen LogP contribution in [0, 0.1) is 0 Å². The van der Waals surface area contributed by atoms with E-state index >= 15 is 0 Å². The Balaban J connectivity index is 2.08. The summed E-state index contributed by atoms with van der Waals surface area (Å²) in [5.41, 5.74) is 11.5. The molecule has 1 aromatic rings. The number of nitrogens with two attached hydrogens (primary N) is 2. The van der Waals surface area contributed by atoms with Gasteiger partial charge in [0.1, 0.15) is 30.2 Å². The predicted molar refractivity (Wildman–Crippen MR) is 144 cm³/mol. The highest BCUT2D eigenvalue weighted by atomic mass is 16.2. The number of carbonyl (C=O) groups excluding carboxylic acids is 6. The minimum atomic E-state index is -1.04. The number of rotatable bonds is 15. The van der Waals surface area contributed by atoms with Crippen LogP contribution in [0.1, 0.15) is 58.6 Å². The molecule has 15 nitrogen and oxygen atoms in total. The number of carbonyl (C=O) groups is 6. The maximum Gasteiger partial charge on any atom is 0.246 e. The number of H-pyrrole nitrogens is 1. The second-order valence-electron chi connectivity index (χ2n) is 9.93. The summed E-state index contributed by atoms with van der Waals surface area (Å²) >= 11 is 0. The first-order valence-electron chi connectivity index (χ1n) is 13.4. The van der Waals surface area contributed by atoms with Gasteiger partial charge >= 0.3 is 0 Å². The van der Waals surface area contributed by atoms with Crippen molar-refractivity contribution in [2.24, 2.45) is 11.5 Å². The van der Waals surface area contributed by atoms with E-state index in [2.05, 4.69) is 31.2 Å². The zero-order valence-corrected chi connectivity index (χ0v) is 23.2. The molecule has 5 atom stereocenters. The Morgan fingerprint density at radius 1 is 1.02 bits per heavy atom. The normalized spacial score (nSPS) is 17.7. The summed E-state index contributed by atoms with van der Waals surface area (Å²) in [5.74, 6) is -3.25. The molecule has 0 bridgehead atoms. The number of aromatic amines is 1. The summed E-state index contributed by atoms with van der Waals surface area (Å²) < 4.78 is 0. The van der Waals surface area contributed by atoms with E-state index in [0.29, 0.717) is 44.3 Å². The highest BCUT2D eigenvalue weighted by Crippen LogP contribution is 2.20. The van der Waals surface area contributed by atoms with Crippen molar-refractivity contribution in [3.8, 4) is 0 Å². The monoisotopic (exact) mass is 563 g/mol. The maximum absolute atomic E-state index is 13.6. The molecule has 1 aromatic heterocycles. The van der Waals surface area contributed by atoms with Gasteiger partial charge in [-0.25, -0.2) is 4.98 Å². The molecule has 0 spiro atoms. The fourth-order valence-corrected chi connectivity index (χ4v) is 4.44. The number of nitrogens with zero attached hydrogens (tertiary/aromatic N) is 2. The molecular weight excluding hydrogens is 522 g/mol. The molecule has 1 saturated heterocycles. The van der Waals surface area contributed by atoms with Crippen molar-refractivity contribution in [1.82, 2.24) is 36.1 Å². The number of primary amides is 1. The van der Waals surface area contributed by atoms with Crippen LogP contribution in [0.4, 0.5) is 0 Å². The van der Waals surface area contributed by atoms with Gasteiger partial charge < -0.3 is 42.6 Å². The van der Waals surface area contributed by atoms with E-state index in [0.717, 1.165) is 0 Å². The SMILES string of the molecule is CC(=O)N[C@@H](C)C(=O)N[C@@H](Cc1cnc[nH]1)C(=O)N1CCC[C@H]1C(=O)N[C@@H](C)C(=O)N[C@@H](CCCCN)C(N)=O. The largest absolute Gasteiger partial charge is 0.368 e. The van der Waals surface area contributed by atoms with E-state index in [-0.39, 0.29) is 13.0 Å². The van der Waals surface area contributed by atoms with Crippen LogP contribution in [0.5, 0.6) is 0 Å². The second-order valence-corrected chi connectivity index (χ2v) is 9.93. The molecule has 15 heteroatoms. The van der Waals surface area contributed by atoms with Crippen molar-refractivity contribution < 1.29 is 28.8 Å². The van der Waals surface area contributed by atoms with Crippen LogP contribution in [0.15, 0.2) is 12.5 Å². The molecule has 2 heterocycles. The van der Waals surface area contributed by atoms with Crippen LogP contribution < -0.4 is 32.7 Å². The lowest BCUT2D eigenvalue weighted by molar-refractivity contribution is -0.142. The van der Waals surface area contributed by atoms with Crippen molar-refractivity contribution in [2.75, 3.05) is 13.1 Å². The number of hydrogen-bond donors (Lipinski definition) is 7. The summed E-state index contributed by atoms with van der Waals surface area (Å²) in [6.45, 7) is 4.97. The smallest absolute Gasteiger partial charge is 0.246 e. The van der Waals surface area contributed by atoms with Gasteiger partial charge in [0.2, 0.25) is 35.4 Å². The van der Waals surface area contributed by atoms with E-state index in [9.17, 15) is 28.8 Å². The molecule has 9 N–H and O–H groups in total. The number of aromatic nitrogens is 2. The van der Waals surface area contributed by atoms with E-state index in [4.69, 9.17) is 11.5 Å². The van der Waals surface area contributed by atoms with Crippen molar-refractivity contribution >= 4 is 35.4 Å². The Labute approximate surface area is 232 Å². The Kier molecular flexibility index (Phi) is 12.5. The second kappa shape index (κ2) is 15.5. The molecule has 40 heavy (non-hydrogen) atoms. The van der Waals surface area contributed by atoms with Crippen molar-refractivity contribution in [3.63, 3.8) is 0 Å². The van der Waals surface area contributed by atoms with Crippen LogP contribution in [0.25, 0.3) is 0 Å². The molecular formula is C25H41N9O6. The molecule has 1 fully saturated rings. The van der Waals surface area contributed by atoms with Crippen LogP contribution in [0.2, 0.25) is 0 Å². The number of amides is 6. The fraction of sp³-hybridized carbons (Fsp3) is 0.640. The van der Waals surface area contributed by atoms with Gasteiger partial charge in [-0.05, 0) is 52.5 Å². The van der Waals surface area contributed by atoms with E-state index in [1.54, 1.807) is 0 Å². The third-order valence-corrected chi connectivity index (χ3v) is 6.60. The van der Waals surface area contributed by atoms with Crippen molar-refractivity contribution in [2.45, 2.75) is 89.5 Å². The van der Waals surface area contributed by atoms with Gasteiger partial charge in [0, 0.05) is 31.8 Å². The first-order valence-corrected chi connectivity index (χ1v) is 13.4. The van der Waals surface area contributed by atoms with E-state index in [1.807, 2.05) is 0 Å². The minimum Gasteiger partial charge on any atom is -0.368 e. The van der Waals surface area contributed by atoms with E-state index in [1.165, 1.54) is 38.2 Å². The third-order valence-electron chi connectivity index (χ3n) is 6.60. The molecule has 0 aromatic carbocycles.